The van der Waals surface area contributed by atoms with Crippen molar-refractivity contribution in [1.82, 2.24) is 20.5 Å². The maximum atomic E-state index is 4.61. The van der Waals surface area contributed by atoms with E-state index in [2.05, 4.69) is 43.6 Å². The summed E-state index contributed by atoms with van der Waals surface area (Å²) in [4.78, 5) is 6.92. The smallest absolute Gasteiger partial charge is 0.128 e. The SMILES string of the molecule is c1ccc2c(-c3ccc(N4CCNCC4)nc3)n[nH]c2c1. The highest BCUT2D eigenvalue weighted by Gasteiger charge is 2.13. The molecule has 3 heterocycles. The summed E-state index contributed by atoms with van der Waals surface area (Å²) >= 11 is 0. The molecule has 5 heteroatoms. The van der Waals surface area contributed by atoms with E-state index in [1.54, 1.807) is 0 Å². The summed E-state index contributed by atoms with van der Waals surface area (Å²) in [6.45, 7) is 4.07. The molecule has 5 nitrogen and oxygen atoms in total. The lowest BCUT2D eigenvalue weighted by Crippen LogP contribution is -2.43. The number of rotatable bonds is 2. The number of aromatic nitrogens is 3. The van der Waals surface area contributed by atoms with Gasteiger partial charge in [-0.3, -0.25) is 5.10 Å². The van der Waals surface area contributed by atoms with Crippen molar-refractivity contribution >= 4 is 16.7 Å². The minimum absolute atomic E-state index is 0.963. The first-order valence-electron chi connectivity index (χ1n) is 7.27. The van der Waals surface area contributed by atoms with Crippen LogP contribution in [0.4, 0.5) is 5.82 Å². The largest absolute Gasteiger partial charge is 0.354 e. The highest BCUT2D eigenvalue weighted by molar-refractivity contribution is 5.92. The van der Waals surface area contributed by atoms with Crippen molar-refractivity contribution in [2.45, 2.75) is 0 Å². The molecule has 0 atom stereocenters. The lowest BCUT2D eigenvalue weighted by atomic mass is 10.1. The van der Waals surface area contributed by atoms with Gasteiger partial charge in [-0.2, -0.15) is 5.10 Å². The number of nitrogens with one attached hydrogen (secondary N) is 2. The van der Waals surface area contributed by atoms with Crippen molar-refractivity contribution in [1.29, 1.82) is 0 Å². The van der Waals surface area contributed by atoms with Gasteiger partial charge >= 0.3 is 0 Å². The van der Waals surface area contributed by atoms with Crippen LogP contribution in [0, 0.1) is 0 Å². The fraction of sp³-hybridized carbons (Fsp3) is 0.250. The molecule has 3 aromatic rings. The molecule has 1 saturated heterocycles. The molecule has 21 heavy (non-hydrogen) atoms. The van der Waals surface area contributed by atoms with Gasteiger partial charge in [0.25, 0.3) is 0 Å². The summed E-state index contributed by atoms with van der Waals surface area (Å²) < 4.78 is 0. The van der Waals surface area contributed by atoms with Crippen molar-refractivity contribution in [2.75, 3.05) is 31.1 Å². The van der Waals surface area contributed by atoms with Crippen LogP contribution in [0.1, 0.15) is 0 Å². The summed E-state index contributed by atoms with van der Waals surface area (Å²) in [7, 11) is 0. The fourth-order valence-electron chi connectivity index (χ4n) is 2.79. The van der Waals surface area contributed by atoms with Crippen LogP contribution in [0.25, 0.3) is 22.2 Å². The second-order valence-electron chi connectivity index (χ2n) is 5.26. The molecular weight excluding hydrogens is 262 g/mol. The number of pyridine rings is 1. The molecule has 0 unspecified atom stereocenters. The van der Waals surface area contributed by atoms with Crippen LogP contribution in [0.5, 0.6) is 0 Å². The molecule has 0 aliphatic carbocycles. The number of fused-ring (bicyclic) bond motifs is 1. The Morgan fingerprint density at radius 1 is 1.00 bits per heavy atom. The lowest BCUT2D eigenvalue weighted by molar-refractivity contribution is 0.585. The number of benzene rings is 1. The molecule has 1 fully saturated rings. The van der Waals surface area contributed by atoms with Gasteiger partial charge in [0.2, 0.25) is 0 Å². The maximum Gasteiger partial charge on any atom is 0.128 e. The normalized spacial score (nSPS) is 15.5. The number of piperazine rings is 1. The zero-order chi connectivity index (χ0) is 14.1. The standard InChI is InChI=1S/C16H17N5/c1-2-4-14-13(3-1)16(20-19-14)12-5-6-15(18-11-12)21-9-7-17-8-10-21/h1-6,11,17H,7-10H2,(H,19,20). The molecule has 0 bridgehead atoms. The third-order valence-electron chi connectivity index (χ3n) is 3.93. The molecule has 2 aromatic heterocycles. The number of H-pyrrole nitrogens is 1. The molecular formula is C16H17N5. The summed E-state index contributed by atoms with van der Waals surface area (Å²) in [6, 6.07) is 12.4. The Morgan fingerprint density at radius 2 is 1.86 bits per heavy atom. The molecule has 0 radical (unpaired) electrons. The molecule has 1 aromatic carbocycles. The van der Waals surface area contributed by atoms with Gasteiger partial charge in [-0.25, -0.2) is 4.98 Å². The zero-order valence-corrected chi connectivity index (χ0v) is 11.7. The number of para-hydroxylation sites is 1. The van der Waals surface area contributed by atoms with Gasteiger partial charge < -0.3 is 10.2 Å². The molecule has 0 amide bonds. The van der Waals surface area contributed by atoms with Crippen LogP contribution in [0.2, 0.25) is 0 Å². The van der Waals surface area contributed by atoms with E-state index in [1.165, 1.54) is 0 Å². The number of hydrogen-bond acceptors (Lipinski definition) is 4. The highest BCUT2D eigenvalue weighted by atomic mass is 15.2. The van der Waals surface area contributed by atoms with Crippen LogP contribution in [-0.2, 0) is 0 Å². The Morgan fingerprint density at radius 3 is 2.67 bits per heavy atom. The monoisotopic (exact) mass is 279 g/mol. The van der Waals surface area contributed by atoms with Crippen LogP contribution in [0.15, 0.2) is 42.6 Å². The Balaban J connectivity index is 1.67. The van der Waals surface area contributed by atoms with Crippen molar-refractivity contribution in [3.05, 3.63) is 42.6 Å². The number of aromatic amines is 1. The van der Waals surface area contributed by atoms with Crippen LogP contribution in [0.3, 0.4) is 0 Å². The quantitative estimate of drug-likeness (QED) is 0.753. The van der Waals surface area contributed by atoms with Gasteiger partial charge in [0, 0.05) is 43.3 Å². The van der Waals surface area contributed by atoms with E-state index in [4.69, 9.17) is 0 Å². The predicted molar refractivity (Wildman–Crippen MR) is 84.4 cm³/mol. The number of nitrogens with zero attached hydrogens (tertiary/aromatic N) is 3. The first-order chi connectivity index (χ1) is 10.4. The van der Waals surface area contributed by atoms with Crippen molar-refractivity contribution in [2.24, 2.45) is 0 Å². The number of anilines is 1. The van der Waals surface area contributed by atoms with E-state index >= 15 is 0 Å². The highest BCUT2D eigenvalue weighted by Crippen LogP contribution is 2.26. The van der Waals surface area contributed by atoms with Gasteiger partial charge in [-0.05, 0) is 18.2 Å². The van der Waals surface area contributed by atoms with E-state index in [0.717, 1.165) is 54.2 Å². The number of hydrogen-bond donors (Lipinski definition) is 2. The minimum Gasteiger partial charge on any atom is -0.354 e. The van der Waals surface area contributed by atoms with Crippen molar-refractivity contribution in [3.8, 4) is 11.3 Å². The van der Waals surface area contributed by atoms with Crippen LogP contribution >= 0.6 is 0 Å². The van der Waals surface area contributed by atoms with Gasteiger partial charge in [0.15, 0.2) is 0 Å². The van der Waals surface area contributed by atoms with E-state index in [9.17, 15) is 0 Å². The molecule has 1 aliphatic heterocycles. The Labute approximate surface area is 123 Å². The van der Waals surface area contributed by atoms with Crippen molar-refractivity contribution < 1.29 is 0 Å². The molecule has 1 aliphatic rings. The first kappa shape index (κ1) is 12.3. The summed E-state index contributed by atoms with van der Waals surface area (Å²) in [5.41, 5.74) is 3.06. The van der Waals surface area contributed by atoms with Gasteiger partial charge in [0.05, 0.1) is 5.52 Å². The van der Waals surface area contributed by atoms with Gasteiger partial charge in [0.1, 0.15) is 11.5 Å². The zero-order valence-electron chi connectivity index (χ0n) is 11.7. The fourth-order valence-corrected chi connectivity index (χ4v) is 2.79. The second-order valence-corrected chi connectivity index (χ2v) is 5.26. The van der Waals surface area contributed by atoms with E-state index in [0.29, 0.717) is 0 Å². The van der Waals surface area contributed by atoms with Crippen LogP contribution in [-0.4, -0.2) is 41.4 Å². The lowest BCUT2D eigenvalue weighted by Gasteiger charge is -2.28. The Hall–Kier alpha value is -2.40. The van der Waals surface area contributed by atoms with Gasteiger partial charge in [-0.1, -0.05) is 18.2 Å². The molecule has 0 spiro atoms. The predicted octanol–water partition coefficient (Wildman–Crippen LogP) is 2.03. The Bertz CT molecular complexity index is 741. The van der Waals surface area contributed by atoms with Crippen molar-refractivity contribution in [3.63, 3.8) is 0 Å². The minimum atomic E-state index is 0.963. The Kier molecular flexibility index (Phi) is 3.05. The third-order valence-corrected chi connectivity index (χ3v) is 3.93. The summed E-state index contributed by atoms with van der Waals surface area (Å²) in [6.07, 6.45) is 1.92. The van der Waals surface area contributed by atoms with Crippen LogP contribution < -0.4 is 10.2 Å². The molecule has 4 rings (SSSR count). The summed E-state index contributed by atoms with van der Waals surface area (Å²) in [5.74, 6) is 1.04. The van der Waals surface area contributed by atoms with E-state index in [1.807, 2.05) is 24.4 Å². The third kappa shape index (κ3) is 2.25. The second kappa shape index (κ2) is 5.18. The van der Waals surface area contributed by atoms with Gasteiger partial charge in [-0.15, -0.1) is 0 Å². The average molecular weight is 279 g/mol. The average Bonchev–Trinajstić information content (AvgIpc) is 3.00. The molecule has 0 saturated carbocycles. The first-order valence-corrected chi connectivity index (χ1v) is 7.27. The molecule has 106 valence electrons. The summed E-state index contributed by atoms with van der Waals surface area (Å²) in [5, 5.41) is 12.0. The maximum absolute atomic E-state index is 4.61. The molecule has 2 N–H and O–H groups in total. The van der Waals surface area contributed by atoms with E-state index in [-0.39, 0.29) is 0 Å². The topological polar surface area (TPSA) is 56.8 Å². The van der Waals surface area contributed by atoms with E-state index < -0.39 is 0 Å².